The number of β-amino-alcohol motifs (C(OH)–C–C–N with tert-alkyl or cyclic N) is 1. The van der Waals surface area contributed by atoms with Crippen molar-refractivity contribution in [2.75, 3.05) is 18.5 Å². The van der Waals surface area contributed by atoms with Gasteiger partial charge in [-0.05, 0) is 44.4 Å². The first-order valence-corrected chi connectivity index (χ1v) is 9.77. The van der Waals surface area contributed by atoms with E-state index in [1.807, 2.05) is 18.2 Å². The highest BCUT2D eigenvalue weighted by Crippen LogP contribution is 2.26. The van der Waals surface area contributed by atoms with Gasteiger partial charge in [0.05, 0.1) is 5.69 Å². The Morgan fingerprint density at radius 2 is 1.80 bits per heavy atom. The number of rotatable bonds is 11. The molecule has 0 aliphatic heterocycles. The van der Waals surface area contributed by atoms with E-state index in [0.29, 0.717) is 6.54 Å². The Balaban J connectivity index is 1.89. The Morgan fingerprint density at radius 1 is 1.10 bits per heavy atom. The molecule has 0 aliphatic carbocycles. The van der Waals surface area contributed by atoms with Gasteiger partial charge in [-0.1, -0.05) is 36.4 Å². The quantitative estimate of drug-likeness (QED) is 0.383. The van der Waals surface area contributed by atoms with Crippen molar-refractivity contribution in [3.63, 3.8) is 0 Å². The van der Waals surface area contributed by atoms with Crippen LogP contribution in [0.3, 0.4) is 0 Å². The van der Waals surface area contributed by atoms with Crippen molar-refractivity contribution in [1.82, 2.24) is 5.32 Å². The number of amides is 3. The minimum Gasteiger partial charge on any atom is -0.490 e. The largest absolute Gasteiger partial charge is 0.490 e. The highest BCUT2D eigenvalue weighted by atomic mass is 16.5. The van der Waals surface area contributed by atoms with E-state index in [1.165, 1.54) is 17.7 Å². The van der Waals surface area contributed by atoms with Crippen LogP contribution < -0.4 is 26.8 Å². The van der Waals surface area contributed by atoms with Crippen LogP contribution in [-0.2, 0) is 6.42 Å². The molecule has 0 spiro atoms. The highest BCUT2D eigenvalue weighted by molar-refractivity contribution is 6.04. The fraction of sp³-hybridized carbons (Fsp3) is 0.364. The number of hydrogen-bond acceptors (Lipinski definition) is 5. The topological polar surface area (TPSA) is 140 Å². The summed E-state index contributed by atoms with van der Waals surface area (Å²) >= 11 is 0. The standard InChI is InChI=1S/C22H30N4O4/c1-22(2,12-11-15-7-4-3-5-8-15)25-13-16(27)14-30-18-10-6-9-17(26-21(24)29)19(18)20(23)28/h3-10,16,25,27H,11-14H2,1-2H3,(H2,23,28)(H3,24,26,29). The molecule has 1 unspecified atom stereocenters. The summed E-state index contributed by atoms with van der Waals surface area (Å²) < 4.78 is 5.59. The van der Waals surface area contributed by atoms with Crippen molar-refractivity contribution in [2.45, 2.75) is 38.3 Å². The fourth-order valence-electron chi connectivity index (χ4n) is 2.97. The maximum atomic E-state index is 11.8. The van der Waals surface area contributed by atoms with E-state index in [1.54, 1.807) is 6.07 Å². The average molecular weight is 415 g/mol. The zero-order chi connectivity index (χ0) is 22.1. The number of ether oxygens (including phenoxy) is 1. The number of aliphatic hydroxyl groups excluding tert-OH is 1. The summed E-state index contributed by atoms with van der Waals surface area (Å²) in [7, 11) is 0. The van der Waals surface area contributed by atoms with Crippen LogP contribution in [-0.4, -0.2) is 41.8 Å². The molecule has 1 atom stereocenters. The van der Waals surface area contributed by atoms with E-state index in [4.69, 9.17) is 16.2 Å². The van der Waals surface area contributed by atoms with Gasteiger partial charge in [-0.3, -0.25) is 4.79 Å². The van der Waals surface area contributed by atoms with Crippen LogP contribution in [0, 0.1) is 0 Å². The second kappa shape index (κ2) is 10.6. The average Bonchev–Trinajstić information content (AvgIpc) is 2.69. The zero-order valence-corrected chi connectivity index (χ0v) is 17.4. The van der Waals surface area contributed by atoms with Gasteiger partial charge in [-0.25, -0.2) is 4.79 Å². The third kappa shape index (κ3) is 7.38. The van der Waals surface area contributed by atoms with Crippen molar-refractivity contribution in [2.24, 2.45) is 11.5 Å². The SMILES string of the molecule is CC(C)(CCc1ccccc1)NCC(O)COc1cccc(NC(N)=O)c1C(N)=O. The normalized spacial score (nSPS) is 12.2. The number of nitrogens with two attached hydrogens (primary N) is 2. The lowest BCUT2D eigenvalue weighted by molar-refractivity contribution is 0.0935. The molecule has 0 bridgehead atoms. The van der Waals surface area contributed by atoms with E-state index in [-0.39, 0.29) is 29.1 Å². The van der Waals surface area contributed by atoms with Gasteiger partial charge >= 0.3 is 6.03 Å². The lowest BCUT2D eigenvalue weighted by Gasteiger charge is -2.28. The highest BCUT2D eigenvalue weighted by Gasteiger charge is 2.20. The fourth-order valence-corrected chi connectivity index (χ4v) is 2.97. The van der Waals surface area contributed by atoms with E-state index in [9.17, 15) is 14.7 Å². The maximum absolute atomic E-state index is 11.8. The lowest BCUT2D eigenvalue weighted by atomic mass is 9.95. The van der Waals surface area contributed by atoms with E-state index in [2.05, 4.69) is 36.6 Å². The number of primary amides is 2. The molecular weight excluding hydrogens is 384 g/mol. The number of aryl methyl sites for hydroxylation is 1. The van der Waals surface area contributed by atoms with Crippen LogP contribution in [0.4, 0.5) is 10.5 Å². The first-order chi connectivity index (χ1) is 14.2. The molecule has 0 fully saturated rings. The van der Waals surface area contributed by atoms with Crippen molar-refractivity contribution in [1.29, 1.82) is 0 Å². The molecule has 7 N–H and O–H groups in total. The molecule has 0 radical (unpaired) electrons. The number of nitrogens with one attached hydrogen (secondary N) is 2. The van der Waals surface area contributed by atoms with Gasteiger partial charge in [0, 0.05) is 12.1 Å². The maximum Gasteiger partial charge on any atom is 0.316 e. The smallest absolute Gasteiger partial charge is 0.316 e. The summed E-state index contributed by atoms with van der Waals surface area (Å²) in [6.45, 7) is 4.41. The second-order valence-corrected chi connectivity index (χ2v) is 7.75. The third-order valence-electron chi connectivity index (χ3n) is 4.66. The monoisotopic (exact) mass is 414 g/mol. The van der Waals surface area contributed by atoms with Gasteiger partial charge in [-0.2, -0.15) is 0 Å². The van der Waals surface area contributed by atoms with E-state index in [0.717, 1.165) is 12.8 Å². The minimum atomic E-state index is -0.823. The molecule has 3 amide bonds. The number of aliphatic hydroxyl groups is 1. The number of carbonyl (C=O) groups excluding carboxylic acids is 2. The predicted molar refractivity (Wildman–Crippen MR) is 117 cm³/mol. The van der Waals surface area contributed by atoms with Crippen LogP contribution in [0.1, 0.15) is 36.2 Å². The van der Waals surface area contributed by atoms with Crippen LogP contribution in [0.2, 0.25) is 0 Å². The summed E-state index contributed by atoms with van der Waals surface area (Å²) in [5.74, 6) is -0.611. The van der Waals surface area contributed by atoms with Crippen molar-refractivity contribution < 1.29 is 19.4 Å². The summed E-state index contributed by atoms with van der Waals surface area (Å²) in [5, 5.41) is 16.0. The Bertz CT molecular complexity index is 855. The van der Waals surface area contributed by atoms with Crippen molar-refractivity contribution >= 4 is 17.6 Å². The zero-order valence-electron chi connectivity index (χ0n) is 17.4. The molecule has 162 valence electrons. The van der Waals surface area contributed by atoms with Gasteiger partial charge < -0.3 is 31.9 Å². The second-order valence-electron chi connectivity index (χ2n) is 7.75. The summed E-state index contributed by atoms with van der Waals surface area (Å²) in [6, 6.07) is 14.0. The lowest BCUT2D eigenvalue weighted by Crippen LogP contribution is -2.45. The molecule has 8 heteroatoms. The Labute approximate surface area is 176 Å². The molecule has 0 aliphatic rings. The van der Waals surface area contributed by atoms with Crippen LogP contribution in [0.15, 0.2) is 48.5 Å². The number of urea groups is 1. The molecular formula is C22H30N4O4. The predicted octanol–water partition coefficient (Wildman–Crippen LogP) is 2.02. The third-order valence-corrected chi connectivity index (χ3v) is 4.66. The molecule has 2 aromatic carbocycles. The van der Waals surface area contributed by atoms with Crippen LogP contribution in [0.25, 0.3) is 0 Å². The molecule has 0 saturated carbocycles. The summed E-state index contributed by atoms with van der Waals surface area (Å²) in [6.07, 6.45) is 1.02. The first kappa shape index (κ1) is 23.2. The Kier molecular flexibility index (Phi) is 8.20. The number of benzene rings is 2. The first-order valence-electron chi connectivity index (χ1n) is 9.77. The molecule has 30 heavy (non-hydrogen) atoms. The molecule has 0 saturated heterocycles. The van der Waals surface area contributed by atoms with Gasteiger partial charge in [0.1, 0.15) is 24.0 Å². The minimum absolute atomic E-state index is 0.000324. The van der Waals surface area contributed by atoms with Crippen LogP contribution in [0.5, 0.6) is 5.75 Å². The number of hydrogen-bond donors (Lipinski definition) is 5. The summed E-state index contributed by atoms with van der Waals surface area (Å²) in [5.41, 5.74) is 11.8. The molecule has 0 heterocycles. The van der Waals surface area contributed by atoms with Crippen molar-refractivity contribution in [3.05, 3.63) is 59.7 Å². The van der Waals surface area contributed by atoms with Gasteiger partial charge in [0.15, 0.2) is 0 Å². The van der Waals surface area contributed by atoms with E-state index < -0.39 is 18.0 Å². The molecule has 2 rings (SSSR count). The van der Waals surface area contributed by atoms with Gasteiger partial charge in [-0.15, -0.1) is 0 Å². The van der Waals surface area contributed by atoms with Gasteiger partial charge in [0.2, 0.25) is 0 Å². The number of carbonyl (C=O) groups is 2. The van der Waals surface area contributed by atoms with E-state index >= 15 is 0 Å². The number of anilines is 1. The van der Waals surface area contributed by atoms with Gasteiger partial charge in [0.25, 0.3) is 5.91 Å². The molecule has 8 nitrogen and oxygen atoms in total. The Morgan fingerprint density at radius 3 is 2.43 bits per heavy atom. The summed E-state index contributed by atoms with van der Waals surface area (Å²) in [4.78, 5) is 22.9. The Hall–Kier alpha value is -3.10. The molecule has 0 aromatic heterocycles. The van der Waals surface area contributed by atoms with Crippen molar-refractivity contribution in [3.8, 4) is 5.75 Å². The molecule has 2 aromatic rings. The van der Waals surface area contributed by atoms with Crippen LogP contribution >= 0.6 is 0 Å².